The van der Waals surface area contributed by atoms with Gasteiger partial charge in [0.25, 0.3) is 41.4 Å². The van der Waals surface area contributed by atoms with Crippen LogP contribution >= 0.6 is 0 Å². The van der Waals surface area contributed by atoms with Gasteiger partial charge in [-0.05, 0) is 42.9 Å². The Labute approximate surface area is 479 Å². The minimum absolute atomic E-state index is 0.0182. The molecule has 7 aromatic rings. The molecule has 1 aliphatic carbocycles. The second-order valence-electron chi connectivity index (χ2n) is 20.4. The summed E-state index contributed by atoms with van der Waals surface area (Å²) in [7, 11) is 11.4. The molecule has 0 aromatic carbocycles. The summed E-state index contributed by atoms with van der Waals surface area (Å²) in [6.45, 7) is 2.51. The maximum absolute atomic E-state index is 13.4. The number of rotatable bonds is 25. The molecule has 0 saturated heterocycles. The van der Waals surface area contributed by atoms with Gasteiger partial charge >= 0.3 is 0 Å². The van der Waals surface area contributed by atoms with E-state index >= 15 is 0 Å². The van der Waals surface area contributed by atoms with Crippen LogP contribution in [0.2, 0.25) is 0 Å². The average molecular weight is 1160 g/mol. The lowest BCUT2D eigenvalue weighted by atomic mass is 10.0. The summed E-state index contributed by atoms with van der Waals surface area (Å²) in [5.41, 5.74) is 1.19. The molecule has 8 rings (SSSR count). The Kier molecular flexibility index (Phi) is 18.0. The zero-order valence-corrected chi connectivity index (χ0v) is 47.4. The van der Waals surface area contributed by atoms with Crippen LogP contribution in [0.5, 0.6) is 0 Å². The highest BCUT2D eigenvalue weighted by Gasteiger charge is 2.44. The summed E-state index contributed by atoms with van der Waals surface area (Å²) in [6, 6.07) is 4.46. The molecule has 31 nitrogen and oxygen atoms in total. The zero-order chi connectivity index (χ0) is 60.6. The molecular weight excluding hydrogens is 1090 g/mol. The minimum Gasteiger partial charge on any atom is -0.350 e. The molecule has 0 atom stereocenters. The normalized spacial score (nSPS) is 12.2. The Morgan fingerprint density at radius 1 is 0.429 bits per heavy atom. The largest absolute Gasteiger partial charge is 0.350 e. The van der Waals surface area contributed by atoms with E-state index in [2.05, 4.69) is 73.1 Å². The molecule has 7 aromatic heterocycles. The fourth-order valence-corrected chi connectivity index (χ4v) is 8.90. The van der Waals surface area contributed by atoms with Crippen molar-refractivity contribution in [1.82, 2.24) is 73.2 Å². The number of amides is 10. The van der Waals surface area contributed by atoms with Gasteiger partial charge in [-0.25, -0.2) is 19.9 Å². The lowest BCUT2D eigenvalue weighted by Crippen LogP contribution is -2.33. The van der Waals surface area contributed by atoms with Crippen LogP contribution in [-0.2, 0) is 63.7 Å². The predicted octanol–water partition coefficient (Wildman–Crippen LogP) is 1.59. The number of anilines is 6. The predicted molar refractivity (Wildman–Crippen MR) is 304 cm³/mol. The van der Waals surface area contributed by atoms with Crippen LogP contribution in [0.4, 0.5) is 34.5 Å². The first kappa shape index (κ1) is 59.5. The Morgan fingerprint density at radius 3 is 1.33 bits per heavy atom. The van der Waals surface area contributed by atoms with Gasteiger partial charge < -0.3 is 85.1 Å². The Bertz CT molecular complexity index is 3710. The van der Waals surface area contributed by atoms with Crippen LogP contribution in [0, 0.1) is 5.41 Å². The number of carbonyl (C=O) groups excluding carboxylic acids is 10. The number of aryl methyl sites for hydroxylation is 7. The van der Waals surface area contributed by atoms with Gasteiger partial charge in [-0.15, -0.1) is 0 Å². The zero-order valence-electron chi connectivity index (χ0n) is 47.4. The van der Waals surface area contributed by atoms with Crippen LogP contribution in [0.3, 0.4) is 0 Å². The van der Waals surface area contributed by atoms with Crippen molar-refractivity contribution in [2.75, 3.05) is 58.1 Å². The van der Waals surface area contributed by atoms with E-state index in [1.54, 1.807) is 78.7 Å². The van der Waals surface area contributed by atoms with Crippen LogP contribution in [0.1, 0.15) is 119 Å². The van der Waals surface area contributed by atoms with Crippen LogP contribution in [-0.4, -0.2) is 137 Å². The number of hydrogen-bond acceptors (Lipinski definition) is 14. The molecule has 0 aliphatic heterocycles. The highest BCUT2D eigenvalue weighted by molar-refractivity contribution is 6.06. The van der Waals surface area contributed by atoms with Crippen molar-refractivity contribution in [3.63, 3.8) is 0 Å². The molecule has 442 valence electrons. The van der Waals surface area contributed by atoms with Gasteiger partial charge in [0.1, 0.15) is 17.1 Å². The van der Waals surface area contributed by atoms with E-state index in [-0.39, 0.29) is 109 Å². The van der Waals surface area contributed by atoms with E-state index in [1.807, 2.05) is 6.92 Å². The second-order valence-corrected chi connectivity index (χ2v) is 20.4. The van der Waals surface area contributed by atoms with Crippen molar-refractivity contribution < 1.29 is 47.9 Å². The summed E-state index contributed by atoms with van der Waals surface area (Å²) in [5, 5.41) is 27.1. The number of imidazole rings is 4. The van der Waals surface area contributed by atoms with E-state index < -0.39 is 52.7 Å². The summed E-state index contributed by atoms with van der Waals surface area (Å²) < 4.78 is 10.5. The molecule has 0 radical (unpaired) electrons. The van der Waals surface area contributed by atoms with Gasteiger partial charge in [0, 0.05) is 144 Å². The number of hydrogen-bond donors (Lipinski definition) is 10. The van der Waals surface area contributed by atoms with Gasteiger partial charge in [0.15, 0.2) is 23.3 Å². The van der Waals surface area contributed by atoms with Gasteiger partial charge in [0.2, 0.25) is 35.2 Å². The van der Waals surface area contributed by atoms with Crippen molar-refractivity contribution in [2.24, 2.45) is 54.7 Å². The Balaban J connectivity index is 0.731. The van der Waals surface area contributed by atoms with E-state index in [0.717, 1.165) is 6.42 Å². The summed E-state index contributed by atoms with van der Waals surface area (Å²) in [4.78, 5) is 146. The quantitative estimate of drug-likeness (QED) is 0.0389. The third kappa shape index (κ3) is 14.6. The molecule has 10 amide bonds. The third-order valence-corrected chi connectivity index (χ3v) is 13.5. The highest BCUT2D eigenvalue weighted by atomic mass is 16.2. The molecule has 0 unspecified atom stereocenters. The fourth-order valence-electron chi connectivity index (χ4n) is 8.90. The van der Waals surface area contributed by atoms with Gasteiger partial charge in [-0.2, -0.15) is 0 Å². The molecule has 1 aliphatic rings. The summed E-state index contributed by atoms with van der Waals surface area (Å²) in [5.74, 6) is -4.08. The Hall–Kier alpha value is -10.6. The lowest BCUT2D eigenvalue weighted by Gasteiger charge is -2.15. The van der Waals surface area contributed by atoms with Gasteiger partial charge in [-0.1, -0.05) is 6.92 Å². The lowest BCUT2D eigenvalue weighted by molar-refractivity contribution is -0.117. The van der Waals surface area contributed by atoms with Gasteiger partial charge in [-0.3, -0.25) is 47.9 Å². The van der Waals surface area contributed by atoms with E-state index in [4.69, 9.17) is 0 Å². The molecule has 1 fully saturated rings. The van der Waals surface area contributed by atoms with Crippen molar-refractivity contribution in [3.05, 3.63) is 108 Å². The highest BCUT2D eigenvalue weighted by Crippen LogP contribution is 2.48. The van der Waals surface area contributed by atoms with Crippen molar-refractivity contribution in [2.45, 2.75) is 45.4 Å². The van der Waals surface area contributed by atoms with E-state index in [9.17, 15) is 47.9 Å². The maximum atomic E-state index is 13.4. The molecular formula is C53H65N21O10. The number of nitrogens with one attached hydrogen (secondary N) is 10. The SMILES string of the molecule is CCCNC(=O)c1nc(NC(=O)c2cc(NC(=O)CCNC(=O)c3nc(NC(=O)CC4(CNC(=O)c5cc(NC(=O)c6nc(NC(=O)CCNC(=O)c7cc(NC(=O)c8nccn8C)cn7C)cn6C)cn5C)CC4)cn3C)cn2C)cn1C. The first-order valence-electron chi connectivity index (χ1n) is 26.5. The number of nitrogens with zero attached hydrogens (tertiary/aromatic N) is 11. The average Bonchev–Trinajstić information content (AvgIpc) is 4.28. The maximum Gasteiger partial charge on any atom is 0.291 e. The Morgan fingerprint density at radius 2 is 0.845 bits per heavy atom. The standard InChI is InChI=1S/C53H65N21O10/c1-9-14-55-49(81)43-66-38(28-73(43)7)67-48(80)35-19-30(23-71(35)5)59-39(75)10-16-57-50(82)44-64-37(27-72(44)6)63-41(77)22-53(12-13-53)29-58-47(79)34-21-32(25-70(34)4)61-52(84)45-65-36(26-74(45)8)62-40(76)11-15-56-46(78)33-20-31(24-69(33)3)60-51(83)42-54-17-18-68(42)2/h17-21,23-28H,9-16,22,29H2,1-8H3,(H,55,81)(H,56,78)(H,57,82)(H,58,79)(H,59,75)(H,60,83)(H,61,84)(H,62,76)(H,63,77)(H,67,80). The number of carbonyl (C=O) groups is 10. The van der Waals surface area contributed by atoms with E-state index in [1.165, 1.54) is 70.4 Å². The first-order valence-corrected chi connectivity index (χ1v) is 26.5. The smallest absolute Gasteiger partial charge is 0.291 e. The molecule has 7 heterocycles. The van der Waals surface area contributed by atoms with Crippen molar-refractivity contribution >= 4 is 93.6 Å². The molecule has 1 saturated carbocycles. The monoisotopic (exact) mass is 1160 g/mol. The minimum atomic E-state index is -0.621. The molecule has 10 N–H and O–H groups in total. The second kappa shape index (κ2) is 25.4. The van der Waals surface area contributed by atoms with Crippen LogP contribution in [0.25, 0.3) is 0 Å². The molecule has 84 heavy (non-hydrogen) atoms. The molecule has 0 spiro atoms. The van der Waals surface area contributed by atoms with Crippen LogP contribution in [0.15, 0.2) is 67.8 Å². The van der Waals surface area contributed by atoms with Crippen LogP contribution < -0.4 is 53.2 Å². The van der Waals surface area contributed by atoms with Crippen molar-refractivity contribution in [1.29, 1.82) is 0 Å². The molecule has 0 bridgehead atoms. The first-order chi connectivity index (χ1) is 40.0. The molecule has 31 heteroatoms. The van der Waals surface area contributed by atoms with Gasteiger partial charge in [0.05, 0.1) is 17.1 Å². The fraction of sp³-hybridized carbons (Fsp3) is 0.358. The van der Waals surface area contributed by atoms with Crippen molar-refractivity contribution in [3.8, 4) is 0 Å². The number of aromatic nitrogens is 11. The van der Waals surface area contributed by atoms with E-state index in [0.29, 0.717) is 36.4 Å². The summed E-state index contributed by atoms with van der Waals surface area (Å²) >= 11 is 0. The third-order valence-electron chi connectivity index (χ3n) is 13.5. The topological polar surface area (TPSA) is 377 Å². The summed E-state index contributed by atoms with van der Waals surface area (Å²) in [6.07, 6.45) is 14.2.